The smallest absolute Gasteiger partial charge is 0.290 e. The number of rotatable bonds is 8. The maximum Gasteiger partial charge on any atom is 0.290 e. The van der Waals surface area contributed by atoms with Crippen LogP contribution >= 0.6 is 11.3 Å². The molecule has 1 atom stereocenters. The molecule has 0 fully saturated rings. The van der Waals surface area contributed by atoms with Crippen LogP contribution in [-0.2, 0) is 11.3 Å². The summed E-state index contributed by atoms with van der Waals surface area (Å²) >= 11 is 1.27. The van der Waals surface area contributed by atoms with E-state index < -0.39 is 17.7 Å². The zero-order valence-electron chi connectivity index (χ0n) is 18.1. The van der Waals surface area contributed by atoms with Crippen molar-refractivity contribution in [1.29, 1.82) is 0 Å². The molecule has 0 unspecified atom stereocenters. The van der Waals surface area contributed by atoms with Gasteiger partial charge in [0.1, 0.15) is 5.75 Å². The van der Waals surface area contributed by atoms with E-state index in [2.05, 4.69) is 9.97 Å². The molecule has 8 nitrogen and oxygen atoms in total. The number of benzene rings is 1. The fraction of sp³-hybridized carbons (Fsp3) is 0.304. The number of Topliss-reactive ketones (excluding diaryl/α,β-unsaturated/α-hetero) is 1. The summed E-state index contributed by atoms with van der Waals surface area (Å²) in [4.78, 5) is 36.9. The van der Waals surface area contributed by atoms with Crippen molar-refractivity contribution in [2.45, 2.75) is 32.9 Å². The highest BCUT2D eigenvalue weighted by Crippen LogP contribution is 2.40. The summed E-state index contributed by atoms with van der Waals surface area (Å²) in [6.45, 7) is 4.62. The highest BCUT2D eigenvalue weighted by molar-refractivity contribution is 7.14. The lowest BCUT2D eigenvalue weighted by Gasteiger charge is -2.27. The fourth-order valence-corrected chi connectivity index (χ4v) is 4.83. The van der Waals surface area contributed by atoms with Crippen LogP contribution in [0, 0.1) is 13.8 Å². The third-order valence-corrected chi connectivity index (χ3v) is 6.54. The number of carbonyl (C=O) groups is 2. The van der Waals surface area contributed by atoms with Gasteiger partial charge in [0.15, 0.2) is 5.76 Å². The Hall–Kier alpha value is -3.46. The number of aliphatic hydroxyl groups is 1. The minimum atomic E-state index is -0.689. The minimum Gasteiger partial charge on any atom is -0.503 e. The average molecular weight is 453 g/mol. The van der Waals surface area contributed by atoms with Gasteiger partial charge in [0.2, 0.25) is 5.78 Å². The number of nitrogens with zero attached hydrogens (tertiary/aromatic N) is 4. The number of imidazole rings is 1. The molecule has 0 radical (unpaired) electrons. The summed E-state index contributed by atoms with van der Waals surface area (Å²) in [5.41, 5.74) is 1.42. The van der Waals surface area contributed by atoms with Gasteiger partial charge in [0.05, 0.1) is 40.6 Å². The van der Waals surface area contributed by atoms with Crippen molar-refractivity contribution in [3.8, 4) is 5.75 Å². The highest BCUT2D eigenvalue weighted by Gasteiger charge is 2.44. The zero-order chi connectivity index (χ0) is 22.8. The number of thiazole rings is 1. The Morgan fingerprint density at radius 2 is 1.97 bits per heavy atom. The van der Waals surface area contributed by atoms with E-state index in [0.717, 1.165) is 10.6 Å². The molecule has 1 amide bonds. The van der Waals surface area contributed by atoms with Gasteiger partial charge in [-0.3, -0.25) is 9.59 Å². The lowest BCUT2D eigenvalue weighted by molar-refractivity contribution is -0.129. The van der Waals surface area contributed by atoms with E-state index in [1.54, 1.807) is 43.6 Å². The van der Waals surface area contributed by atoms with Gasteiger partial charge in [0.25, 0.3) is 5.91 Å². The molecule has 1 aliphatic rings. The third-order valence-electron chi connectivity index (χ3n) is 5.46. The van der Waals surface area contributed by atoms with E-state index in [-0.39, 0.29) is 11.4 Å². The van der Waals surface area contributed by atoms with Crippen LogP contribution in [0.5, 0.6) is 5.75 Å². The highest BCUT2D eigenvalue weighted by atomic mass is 32.1. The third kappa shape index (κ3) is 4.03. The Morgan fingerprint density at radius 3 is 2.56 bits per heavy atom. The largest absolute Gasteiger partial charge is 0.503 e. The van der Waals surface area contributed by atoms with E-state index in [9.17, 15) is 14.7 Å². The van der Waals surface area contributed by atoms with Crippen LogP contribution in [0.3, 0.4) is 0 Å². The molecule has 0 bridgehead atoms. The zero-order valence-corrected chi connectivity index (χ0v) is 18.9. The average Bonchev–Trinajstić information content (AvgIpc) is 3.48. The van der Waals surface area contributed by atoms with Crippen molar-refractivity contribution in [1.82, 2.24) is 19.4 Å². The number of carbonyl (C=O) groups excluding carboxylic acids is 2. The molecule has 166 valence electrons. The van der Waals surface area contributed by atoms with Crippen LogP contribution in [0.1, 0.15) is 38.4 Å². The van der Waals surface area contributed by atoms with Crippen molar-refractivity contribution < 1.29 is 19.4 Å². The molecule has 2 aromatic heterocycles. The normalized spacial score (nSPS) is 16.2. The molecular formula is C23H24N4O4S. The quantitative estimate of drug-likeness (QED) is 0.524. The monoisotopic (exact) mass is 452 g/mol. The SMILES string of the molecule is COc1ccc([C@@H]2C(C(=O)c3sc(C)nc3C)=C(O)C(=O)N2CCCn2ccnc2)cc1. The maximum atomic E-state index is 13.5. The van der Waals surface area contributed by atoms with E-state index >= 15 is 0 Å². The Bertz CT molecular complexity index is 1170. The molecule has 0 spiro atoms. The first-order chi connectivity index (χ1) is 15.4. The van der Waals surface area contributed by atoms with Crippen LogP contribution in [0.4, 0.5) is 0 Å². The molecule has 9 heteroatoms. The summed E-state index contributed by atoms with van der Waals surface area (Å²) in [7, 11) is 1.58. The van der Waals surface area contributed by atoms with Crippen molar-refractivity contribution in [3.05, 3.63) is 75.5 Å². The van der Waals surface area contributed by atoms with Gasteiger partial charge < -0.3 is 19.3 Å². The van der Waals surface area contributed by atoms with Crippen molar-refractivity contribution in [3.63, 3.8) is 0 Å². The molecule has 0 saturated carbocycles. The van der Waals surface area contributed by atoms with Crippen LogP contribution in [0.25, 0.3) is 0 Å². The van der Waals surface area contributed by atoms with E-state index in [1.165, 1.54) is 11.3 Å². The second-order valence-corrected chi connectivity index (χ2v) is 8.77. The number of hydrogen-bond donors (Lipinski definition) is 1. The standard InChI is InChI=1S/C23H24N4O4S/c1-14-22(32-15(2)25-14)20(28)18-19(16-5-7-17(31-3)8-6-16)27(23(30)21(18)29)11-4-10-26-12-9-24-13-26/h5-9,12-13,19,29H,4,10-11H2,1-3H3/t19-/m1/s1. The number of aliphatic hydroxyl groups excluding tert-OH is 1. The van der Waals surface area contributed by atoms with Crippen LogP contribution in [0.15, 0.2) is 54.3 Å². The molecule has 3 aromatic rings. The van der Waals surface area contributed by atoms with Gasteiger partial charge in [-0.1, -0.05) is 12.1 Å². The van der Waals surface area contributed by atoms with Crippen molar-refractivity contribution in [2.75, 3.05) is 13.7 Å². The first kappa shape index (κ1) is 21.8. The molecule has 3 heterocycles. The van der Waals surface area contributed by atoms with Gasteiger partial charge in [-0.25, -0.2) is 9.97 Å². The van der Waals surface area contributed by atoms with Crippen LogP contribution in [-0.4, -0.2) is 49.9 Å². The number of hydrogen-bond acceptors (Lipinski definition) is 7. The Kier molecular flexibility index (Phi) is 6.09. The van der Waals surface area contributed by atoms with Crippen molar-refractivity contribution >= 4 is 23.0 Å². The molecular weight excluding hydrogens is 428 g/mol. The van der Waals surface area contributed by atoms with Gasteiger partial charge in [0, 0.05) is 25.5 Å². The van der Waals surface area contributed by atoms with Gasteiger partial charge in [-0.2, -0.15) is 0 Å². The lowest BCUT2D eigenvalue weighted by atomic mass is 9.95. The number of amides is 1. The predicted molar refractivity (Wildman–Crippen MR) is 120 cm³/mol. The first-order valence-corrected chi connectivity index (χ1v) is 11.0. The first-order valence-electron chi connectivity index (χ1n) is 10.2. The van der Waals surface area contributed by atoms with E-state index in [1.807, 2.05) is 29.8 Å². The summed E-state index contributed by atoms with van der Waals surface area (Å²) < 4.78 is 7.17. The topological polar surface area (TPSA) is 97.5 Å². The van der Waals surface area contributed by atoms with E-state index in [0.29, 0.717) is 35.8 Å². The van der Waals surface area contributed by atoms with Crippen molar-refractivity contribution in [2.24, 2.45) is 0 Å². The summed E-state index contributed by atoms with van der Waals surface area (Å²) in [6.07, 6.45) is 5.91. The summed E-state index contributed by atoms with van der Waals surface area (Å²) in [5.74, 6) is -0.737. The number of aryl methyl sites for hydroxylation is 3. The second kappa shape index (κ2) is 8.96. The molecule has 1 N–H and O–H groups in total. The molecule has 32 heavy (non-hydrogen) atoms. The number of aromatic nitrogens is 3. The van der Waals surface area contributed by atoms with Crippen LogP contribution < -0.4 is 4.74 Å². The fourth-order valence-electron chi connectivity index (χ4n) is 3.96. The minimum absolute atomic E-state index is 0.0922. The van der Waals surface area contributed by atoms with Crippen LogP contribution in [0.2, 0.25) is 0 Å². The van der Waals surface area contributed by atoms with Gasteiger partial charge >= 0.3 is 0 Å². The Balaban J connectivity index is 1.69. The Morgan fingerprint density at radius 1 is 1.22 bits per heavy atom. The van der Waals surface area contributed by atoms with E-state index in [4.69, 9.17) is 4.74 Å². The molecule has 1 aliphatic heterocycles. The number of ether oxygens (including phenoxy) is 1. The summed E-state index contributed by atoms with van der Waals surface area (Å²) in [5, 5.41) is 11.5. The molecule has 0 saturated heterocycles. The second-order valence-electron chi connectivity index (χ2n) is 7.57. The molecule has 4 rings (SSSR count). The van der Waals surface area contributed by atoms with Gasteiger partial charge in [-0.05, 0) is 38.0 Å². The Labute approximate surface area is 189 Å². The number of ketones is 1. The lowest BCUT2D eigenvalue weighted by Crippen LogP contribution is -2.32. The summed E-state index contributed by atoms with van der Waals surface area (Å²) in [6, 6.07) is 6.50. The van der Waals surface area contributed by atoms with Gasteiger partial charge in [-0.15, -0.1) is 11.3 Å². The maximum absolute atomic E-state index is 13.5. The molecule has 1 aromatic carbocycles. The predicted octanol–water partition coefficient (Wildman–Crippen LogP) is 3.63. The number of methoxy groups -OCH3 is 1. The molecule has 0 aliphatic carbocycles.